The van der Waals surface area contributed by atoms with Crippen LogP contribution in [0.5, 0.6) is 0 Å². The number of benzene rings is 2. The van der Waals surface area contributed by atoms with E-state index in [1.807, 2.05) is 0 Å². The standard InChI is InChI=1S/C14H13ClF2N2/c1-8-6-10(13(17)7-12(8)16)14(19-18)9-4-2-3-5-11(9)15/h2-7,14,19H,18H2,1H3. The predicted octanol–water partition coefficient (Wildman–Crippen LogP) is 3.48. The van der Waals surface area contributed by atoms with E-state index >= 15 is 0 Å². The van der Waals surface area contributed by atoms with E-state index in [0.717, 1.165) is 6.07 Å². The highest BCUT2D eigenvalue weighted by molar-refractivity contribution is 6.31. The zero-order valence-corrected chi connectivity index (χ0v) is 11.0. The molecule has 0 amide bonds. The van der Waals surface area contributed by atoms with Gasteiger partial charge in [-0.2, -0.15) is 0 Å². The highest BCUT2D eigenvalue weighted by atomic mass is 35.5. The van der Waals surface area contributed by atoms with Gasteiger partial charge in [-0.25, -0.2) is 14.2 Å². The lowest BCUT2D eigenvalue weighted by Gasteiger charge is -2.19. The lowest BCUT2D eigenvalue weighted by molar-refractivity contribution is 0.538. The van der Waals surface area contributed by atoms with Gasteiger partial charge in [-0.3, -0.25) is 5.84 Å². The Bertz CT molecular complexity index is 602. The van der Waals surface area contributed by atoms with Crippen LogP contribution < -0.4 is 11.3 Å². The largest absolute Gasteiger partial charge is 0.271 e. The SMILES string of the molecule is Cc1cc(C(NN)c2ccccc2Cl)c(F)cc1F. The predicted molar refractivity (Wildman–Crippen MR) is 71.7 cm³/mol. The number of rotatable bonds is 3. The summed E-state index contributed by atoms with van der Waals surface area (Å²) in [5.74, 6) is 4.25. The molecule has 19 heavy (non-hydrogen) atoms. The van der Waals surface area contributed by atoms with Crippen molar-refractivity contribution in [2.24, 2.45) is 5.84 Å². The Kier molecular flexibility index (Phi) is 4.14. The zero-order chi connectivity index (χ0) is 14.0. The third-order valence-electron chi connectivity index (χ3n) is 2.97. The van der Waals surface area contributed by atoms with Crippen LogP contribution in [0.25, 0.3) is 0 Å². The number of aryl methyl sites for hydroxylation is 1. The second-order valence-corrected chi connectivity index (χ2v) is 4.65. The molecule has 0 saturated heterocycles. The minimum absolute atomic E-state index is 0.259. The van der Waals surface area contributed by atoms with Gasteiger partial charge >= 0.3 is 0 Å². The Labute approximate surface area is 115 Å². The minimum Gasteiger partial charge on any atom is -0.271 e. The Balaban J connectivity index is 2.55. The molecule has 0 aliphatic heterocycles. The molecule has 2 aromatic carbocycles. The fraction of sp³-hybridized carbons (Fsp3) is 0.143. The van der Waals surface area contributed by atoms with Crippen molar-refractivity contribution in [2.75, 3.05) is 0 Å². The van der Waals surface area contributed by atoms with E-state index in [0.29, 0.717) is 16.1 Å². The van der Waals surface area contributed by atoms with Crippen molar-refractivity contribution in [1.82, 2.24) is 5.43 Å². The van der Waals surface area contributed by atoms with Crippen molar-refractivity contribution in [3.05, 3.63) is 69.7 Å². The molecule has 0 aliphatic rings. The molecule has 1 unspecified atom stereocenters. The molecular weight excluding hydrogens is 270 g/mol. The molecule has 2 aromatic rings. The summed E-state index contributed by atoms with van der Waals surface area (Å²) < 4.78 is 27.2. The molecule has 3 N–H and O–H groups in total. The van der Waals surface area contributed by atoms with Gasteiger partial charge in [0.2, 0.25) is 0 Å². The topological polar surface area (TPSA) is 38.0 Å². The Morgan fingerprint density at radius 1 is 1.11 bits per heavy atom. The van der Waals surface area contributed by atoms with Crippen molar-refractivity contribution in [3.8, 4) is 0 Å². The van der Waals surface area contributed by atoms with Gasteiger partial charge in [-0.05, 0) is 30.2 Å². The third-order valence-corrected chi connectivity index (χ3v) is 3.32. The van der Waals surface area contributed by atoms with Gasteiger partial charge in [0.15, 0.2) is 0 Å². The molecule has 5 heteroatoms. The monoisotopic (exact) mass is 282 g/mol. The van der Waals surface area contributed by atoms with E-state index in [1.165, 1.54) is 6.07 Å². The molecule has 0 fully saturated rings. The van der Waals surface area contributed by atoms with Crippen LogP contribution in [-0.4, -0.2) is 0 Å². The summed E-state index contributed by atoms with van der Waals surface area (Å²) in [6.07, 6.45) is 0. The fourth-order valence-corrected chi connectivity index (χ4v) is 2.20. The molecule has 0 spiro atoms. The maximum atomic E-state index is 13.9. The van der Waals surface area contributed by atoms with Crippen molar-refractivity contribution >= 4 is 11.6 Å². The van der Waals surface area contributed by atoms with Gasteiger partial charge in [0, 0.05) is 16.7 Å². The molecule has 0 saturated carbocycles. The number of nitrogens with two attached hydrogens (primary N) is 1. The van der Waals surface area contributed by atoms with Gasteiger partial charge in [0.05, 0.1) is 6.04 Å². The van der Waals surface area contributed by atoms with Crippen LogP contribution in [-0.2, 0) is 0 Å². The lowest BCUT2D eigenvalue weighted by atomic mass is 9.97. The Morgan fingerprint density at radius 3 is 2.42 bits per heavy atom. The summed E-state index contributed by atoms with van der Waals surface area (Å²) in [6, 6.07) is 8.63. The number of halogens is 3. The maximum absolute atomic E-state index is 13.9. The van der Waals surface area contributed by atoms with Crippen LogP contribution in [0.2, 0.25) is 5.02 Å². The van der Waals surface area contributed by atoms with E-state index in [-0.39, 0.29) is 5.56 Å². The van der Waals surface area contributed by atoms with Crippen LogP contribution in [0.4, 0.5) is 8.78 Å². The Hall–Kier alpha value is -1.49. The van der Waals surface area contributed by atoms with Gasteiger partial charge in [0.1, 0.15) is 11.6 Å². The average Bonchev–Trinajstić information content (AvgIpc) is 2.38. The van der Waals surface area contributed by atoms with E-state index in [9.17, 15) is 8.78 Å². The lowest BCUT2D eigenvalue weighted by Crippen LogP contribution is -2.30. The minimum atomic E-state index is -0.661. The molecular formula is C14H13ClF2N2. The first-order valence-electron chi connectivity index (χ1n) is 5.70. The number of hydrogen-bond donors (Lipinski definition) is 2. The second-order valence-electron chi connectivity index (χ2n) is 4.24. The van der Waals surface area contributed by atoms with E-state index in [4.69, 9.17) is 17.4 Å². The second kappa shape index (κ2) is 5.65. The summed E-state index contributed by atoms with van der Waals surface area (Å²) >= 11 is 6.08. The average molecular weight is 283 g/mol. The molecule has 100 valence electrons. The fourth-order valence-electron chi connectivity index (χ4n) is 1.96. The van der Waals surface area contributed by atoms with Gasteiger partial charge in [0.25, 0.3) is 0 Å². The molecule has 0 aliphatic carbocycles. The van der Waals surface area contributed by atoms with Crippen molar-refractivity contribution < 1.29 is 8.78 Å². The first kappa shape index (κ1) is 13.9. The third kappa shape index (κ3) is 2.76. The summed E-state index contributed by atoms with van der Waals surface area (Å²) in [4.78, 5) is 0. The molecule has 0 aromatic heterocycles. The van der Waals surface area contributed by atoms with Crippen LogP contribution >= 0.6 is 11.6 Å². The summed E-state index contributed by atoms with van der Waals surface area (Å²) in [6.45, 7) is 1.57. The van der Waals surface area contributed by atoms with Crippen molar-refractivity contribution in [3.63, 3.8) is 0 Å². The Morgan fingerprint density at radius 2 is 1.79 bits per heavy atom. The molecule has 0 bridgehead atoms. The van der Waals surface area contributed by atoms with Crippen LogP contribution in [0.3, 0.4) is 0 Å². The number of hydrogen-bond acceptors (Lipinski definition) is 2. The smallest absolute Gasteiger partial charge is 0.131 e. The quantitative estimate of drug-likeness (QED) is 0.668. The summed E-state index contributed by atoms with van der Waals surface area (Å²) in [7, 11) is 0. The van der Waals surface area contributed by atoms with Crippen LogP contribution in [0, 0.1) is 18.6 Å². The maximum Gasteiger partial charge on any atom is 0.131 e. The van der Waals surface area contributed by atoms with Gasteiger partial charge in [-0.15, -0.1) is 0 Å². The van der Waals surface area contributed by atoms with E-state index < -0.39 is 17.7 Å². The van der Waals surface area contributed by atoms with Crippen LogP contribution in [0.1, 0.15) is 22.7 Å². The van der Waals surface area contributed by atoms with Gasteiger partial charge < -0.3 is 0 Å². The van der Waals surface area contributed by atoms with Crippen molar-refractivity contribution in [1.29, 1.82) is 0 Å². The first-order valence-corrected chi connectivity index (χ1v) is 6.08. The normalized spacial score (nSPS) is 12.5. The highest BCUT2D eigenvalue weighted by Crippen LogP contribution is 2.30. The van der Waals surface area contributed by atoms with Crippen molar-refractivity contribution in [2.45, 2.75) is 13.0 Å². The molecule has 2 rings (SSSR count). The van der Waals surface area contributed by atoms with E-state index in [2.05, 4.69) is 5.43 Å². The molecule has 0 heterocycles. The molecule has 2 nitrogen and oxygen atoms in total. The van der Waals surface area contributed by atoms with Crippen LogP contribution in [0.15, 0.2) is 36.4 Å². The zero-order valence-electron chi connectivity index (χ0n) is 10.3. The molecule has 1 atom stereocenters. The highest BCUT2D eigenvalue weighted by Gasteiger charge is 2.20. The number of nitrogens with one attached hydrogen (secondary N) is 1. The summed E-state index contributed by atoms with van der Waals surface area (Å²) in [5.41, 5.74) is 3.76. The first-order chi connectivity index (χ1) is 9.04. The number of hydrazine groups is 1. The van der Waals surface area contributed by atoms with E-state index in [1.54, 1.807) is 31.2 Å². The summed E-state index contributed by atoms with van der Waals surface area (Å²) in [5, 5.41) is 0.465. The molecule has 0 radical (unpaired) electrons. The van der Waals surface area contributed by atoms with Gasteiger partial charge in [-0.1, -0.05) is 29.8 Å².